The van der Waals surface area contributed by atoms with Crippen molar-refractivity contribution in [3.63, 3.8) is 0 Å². The molecule has 100 valence electrons. The number of rotatable bonds is 3. The lowest BCUT2D eigenvalue weighted by molar-refractivity contribution is -0.123. The third-order valence-corrected chi connectivity index (χ3v) is 3.05. The molecule has 0 radical (unpaired) electrons. The summed E-state index contributed by atoms with van der Waals surface area (Å²) in [6.45, 7) is 8.33. The van der Waals surface area contributed by atoms with Gasteiger partial charge in [-0.1, -0.05) is 0 Å². The minimum Gasteiger partial charge on any atom is -0.350 e. The summed E-state index contributed by atoms with van der Waals surface area (Å²) in [5.41, 5.74) is 0.969. The Labute approximate surface area is 108 Å². The van der Waals surface area contributed by atoms with Crippen LogP contribution in [0.15, 0.2) is 12.5 Å². The van der Waals surface area contributed by atoms with Gasteiger partial charge in [0, 0.05) is 29.9 Å². The molecule has 1 aromatic rings. The Bertz CT molecular complexity index is 413. The first-order valence-electron chi connectivity index (χ1n) is 6.47. The molecule has 1 aromatic heterocycles. The van der Waals surface area contributed by atoms with E-state index in [0.717, 1.165) is 25.2 Å². The molecule has 18 heavy (non-hydrogen) atoms. The molecule has 1 aliphatic rings. The van der Waals surface area contributed by atoms with Gasteiger partial charge >= 0.3 is 0 Å². The number of hydrogen-bond donors (Lipinski definition) is 2. The Morgan fingerprint density at radius 3 is 3.00 bits per heavy atom. The van der Waals surface area contributed by atoms with Crippen LogP contribution in [0, 0.1) is 0 Å². The van der Waals surface area contributed by atoms with Gasteiger partial charge in [-0.25, -0.2) is 4.98 Å². The quantitative estimate of drug-likeness (QED) is 0.837. The highest BCUT2D eigenvalue weighted by Crippen LogP contribution is 2.21. The summed E-state index contributed by atoms with van der Waals surface area (Å²) in [6, 6.07) is 0. The highest BCUT2D eigenvalue weighted by molar-refractivity contribution is 5.76. The Morgan fingerprint density at radius 1 is 1.61 bits per heavy atom. The Hall–Kier alpha value is -1.36. The van der Waals surface area contributed by atoms with Crippen LogP contribution in [0.2, 0.25) is 0 Å². The monoisotopic (exact) mass is 250 g/mol. The normalized spacial score (nSPS) is 20.1. The van der Waals surface area contributed by atoms with Crippen LogP contribution in [0.25, 0.3) is 0 Å². The van der Waals surface area contributed by atoms with Gasteiger partial charge in [-0.3, -0.25) is 4.79 Å². The van der Waals surface area contributed by atoms with E-state index in [0.29, 0.717) is 12.5 Å². The topological polar surface area (TPSA) is 59.0 Å². The molecular formula is C13H22N4O. The maximum Gasteiger partial charge on any atom is 0.240 e. The van der Waals surface area contributed by atoms with Gasteiger partial charge in [0.2, 0.25) is 5.91 Å². The summed E-state index contributed by atoms with van der Waals surface area (Å²) in [7, 11) is 0. The number of imidazole rings is 1. The molecular weight excluding hydrogens is 228 g/mol. The van der Waals surface area contributed by atoms with Crippen LogP contribution in [-0.2, 0) is 11.3 Å². The van der Waals surface area contributed by atoms with Gasteiger partial charge in [-0.05, 0) is 33.7 Å². The summed E-state index contributed by atoms with van der Waals surface area (Å²) in [6.07, 6.45) is 4.74. The van der Waals surface area contributed by atoms with Crippen molar-refractivity contribution < 1.29 is 4.79 Å². The Kier molecular flexibility index (Phi) is 3.71. The molecule has 5 heteroatoms. The molecule has 2 heterocycles. The lowest BCUT2D eigenvalue weighted by Crippen LogP contribution is -2.42. The Balaban J connectivity index is 2.01. The van der Waals surface area contributed by atoms with Gasteiger partial charge in [0.25, 0.3) is 0 Å². The van der Waals surface area contributed by atoms with Crippen LogP contribution in [0.1, 0.15) is 38.8 Å². The zero-order valence-corrected chi connectivity index (χ0v) is 11.4. The molecule has 1 fully saturated rings. The van der Waals surface area contributed by atoms with Crippen LogP contribution in [0.3, 0.4) is 0 Å². The summed E-state index contributed by atoms with van der Waals surface area (Å²) in [4.78, 5) is 16.1. The smallest absolute Gasteiger partial charge is 0.240 e. The molecule has 1 aliphatic heterocycles. The van der Waals surface area contributed by atoms with Gasteiger partial charge < -0.3 is 15.2 Å². The molecule has 1 amide bonds. The van der Waals surface area contributed by atoms with Crippen molar-refractivity contribution in [3.8, 4) is 0 Å². The SMILES string of the molecule is CC(C)(C)NC(=O)Cn1cncc1C1CCNC1. The number of aromatic nitrogens is 2. The molecule has 0 bridgehead atoms. The second-order valence-electron chi connectivity index (χ2n) is 5.93. The number of nitrogens with zero attached hydrogens (tertiary/aromatic N) is 2. The number of amides is 1. The van der Waals surface area contributed by atoms with Crippen LogP contribution < -0.4 is 10.6 Å². The van der Waals surface area contributed by atoms with Crippen molar-refractivity contribution in [3.05, 3.63) is 18.2 Å². The van der Waals surface area contributed by atoms with Crippen LogP contribution in [-0.4, -0.2) is 34.1 Å². The fourth-order valence-electron chi connectivity index (χ4n) is 2.32. The van der Waals surface area contributed by atoms with Crippen molar-refractivity contribution in [2.75, 3.05) is 13.1 Å². The predicted molar refractivity (Wildman–Crippen MR) is 70.4 cm³/mol. The molecule has 1 atom stereocenters. The minimum absolute atomic E-state index is 0.0349. The van der Waals surface area contributed by atoms with E-state index in [1.807, 2.05) is 31.5 Å². The minimum atomic E-state index is -0.188. The van der Waals surface area contributed by atoms with Crippen molar-refractivity contribution in [2.24, 2.45) is 0 Å². The Morgan fingerprint density at radius 2 is 2.39 bits per heavy atom. The molecule has 2 rings (SSSR count). The fraction of sp³-hybridized carbons (Fsp3) is 0.692. The van der Waals surface area contributed by atoms with Crippen molar-refractivity contribution in [1.82, 2.24) is 20.2 Å². The first kappa shape index (κ1) is 13.1. The fourth-order valence-corrected chi connectivity index (χ4v) is 2.32. The summed E-state index contributed by atoms with van der Waals surface area (Å²) < 4.78 is 1.96. The van der Waals surface area contributed by atoms with Crippen LogP contribution in [0.5, 0.6) is 0 Å². The lowest BCUT2D eigenvalue weighted by atomic mass is 10.1. The van der Waals surface area contributed by atoms with E-state index in [1.54, 1.807) is 6.33 Å². The van der Waals surface area contributed by atoms with Gasteiger partial charge in [0.1, 0.15) is 6.54 Å². The standard InChI is InChI=1S/C13H22N4O/c1-13(2,3)16-12(18)8-17-9-15-7-11(17)10-4-5-14-6-10/h7,9-10,14H,4-6,8H2,1-3H3,(H,16,18). The molecule has 0 spiro atoms. The maximum absolute atomic E-state index is 11.9. The summed E-state index contributed by atoms with van der Waals surface area (Å²) >= 11 is 0. The summed E-state index contributed by atoms with van der Waals surface area (Å²) in [5, 5.41) is 6.31. The largest absolute Gasteiger partial charge is 0.350 e. The van der Waals surface area contributed by atoms with E-state index in [1.165, 1.54) is 0 Å². The second-order valence-corrected chi connectivity index (χ2v) is 5.93. The van der Waals surface area contributed by atoms with Crippen molar-refractivity contribution in [1.29, 1.82) is 0 Å². The third-order valence-electron chi connectivity index (χ3n) is 3.05. The van der Waals surface area contributed by atoms with E-state index in [4.69, 9.17) is 0 Å². The van der Waals surface area contributed by atoms with Gasteiger partial charge in [-0.2, -0.15) is 0 Å². The molecule has 2 N–H and O–H groups in total. The molecule has 0 aliphatic carbocycles. The van der Waals surface area contributed by atoms with E-state index in [9.17, 15) is 4.79 Å². The lowest BCUT2D eigenvalue weighted by Gasteiger charge is -2.21. The molecule has 5 nitrogen and oxygen atoms in total. The number of carbonyl (C=O) groups is 1. The highest BCUT2D eigenvalue weighted by atomic mass is 16.2. The first-order chi connectivity index (χ1) is 8.46. The second kappa shape index (κ2) is 5.10. The van der Waals surface area contributed by atoms with Crippen LogP contribution >= 0.6 is 0 Å². The molecule has 0 saturated carbocycles. The van der Waals surface area contributed by atoms with Crippen molar-refractivity contribution in [2.45, 2.75) is 45.2 Å². The van der Waals surface area contributed by atoms with Crippen molar-refractivity contribution >= 4 is 5.91 Å². The molecule has 1 saturated heterocycles. The van der Waals surface area contributed by atoms with Crippen LogP contribution in [0.4, 0.5) is 0 Å². The van der Waals surface area contributed by atoms with Gasteiger partial charge in [0.05, 0.1) is 6.33 Å². The molecule has 1 unspecified atom stereocenters. The van der Waals surface area contributed by atoms with E-state index < -0.39 is 0 Å². The zero-order chi connectivity index (χ0) is 13.2. The number of hydrogen-bond acceptors (Lipinski definition) is 3. The van der Waals surface area contributed by atoms with E-state index in [-0.39, 0.29) is 11.4 Å². The first-order valence-corrected chi connectivity index (χ1v) is 6.47. The maximum atomic E-state index is 11.9. The molecule has 0 aromatic carbocycles. The van der Waals surface area contributed by atoms with Gasteiger partial charge in [0.15, 0.2) is 0 Å². The summed E-state index contributed by atoms with van der Waals surface area (Å²) in [5.74, 6) is 0.516. The number of carbonyl (C=O) groups excluding carboxylic acids is 1. The number of nitrogens with one attached hydrogen (secondary N) is 2. The zero-order valence-electron chi connectivity index (χ0n) is 11.4. The van der Waals surface area contributed by atoms with E-state index >= 15 is 0 Å². The van der Waals surface area contributed by atoms with Gasteiger partial charge in [-0.15, -0.1) is 0 Å². The average molecular weight is 250 g/mol. The predicted octanol–water partition coefficient (Wildman–Crippen LogP) is 0.875. The average Bonchev–Trinajstić information content (AvgIpc) is 2.82. The highest BCUT2D eigenvalue weighted by Gasteiger charge is 2.21. The van der Waals surface area contributed by atoms with E-state index in [2.05, 4.69) is 15.6 Å². The third kappa shape index (κ3) is 3.32.